The van der Waals surface area contributed by atoms with Crippen LogP contribution in [0.1, 0.15) is 69.2 Å². The summed E-state index contributed by atoms with van der Waals surface area (Å²) >= 11 is 1.27. The van der Waals surface area contributed by atoms with Crippen molar-refractivity contribution in [2.24, 2.45) is 23.2 Å². The number of carbonyl (C=O) groups excluding carboxylic acids is 3. The van der Waals surface area contributed by atoms with Crippen molar-refractivity contribution < 1.29 is 29.2 Å². The van der Waals surface area contributed by atoms with Gasteiger partial charge in [-0.05, 0) is 94.2 Å². The zero-order chi connectivity index (χ0) is 32.7. The molecule has 5 aliphatic rings. The zero-order valence-corrected chi connectivity index (χ0v) is 27.4. The van der Waals surface area contributed by atoms with Gasteiger partial charge in [-0.2, -0.15) is 0 Å². The fraction of sp³-hybridized carbons (Fsp3) is 0.688. The number of hydrogen-bond donors (Lipinski definition) is 2. The van der Waals surface area contributed by atoms with Crippen LogP contribution in [-0.4, -0.2) is 106 Å². The van der Waals surface area contributed by atoms with Crippen LogP contribution in [0.5, 0.6) is 0 Å². The molecule has 4 saturated carbocycles. The summed E-state index contributed by atoms with van der Waals surface area (Å²) in [6.07, 6.45) is 9.30. The van der Waals surface area contributed by atoms with Crippen LogP contribution in [0.2, 0.25) is 0 Å². The van der Waals surface area contributed by atoms with Crippen LogP contribution in [-0.2, 0) is 9.59 Å². The van der Waals surface area contributed by atoms with E-state index < -0.39 is 16.9 Å². The summed E-state index contributed by atoms with van der Waals surface area (Å²) in [5, 5.41) is 21.6. The van der Waals surface area contributed by atoms with Crippen molar-refractivity contribution >= 4 is 40.5 Å². The molecular formula is C32H47N5O7S. The molecule has 1 atom stereocenters. The van der Waals surface area contributed by atoms with Gasteiger partial charge in [0.1, 0.15) is 6.04 Å². The SMILES string of the molecule is CC(=O)SCCN(CCC12CC3CC(CC(C3)C1)C2)C(=O)N[C@@H](C)C(=O)N1CCN(C)CC1.O=C(O)c1ccc([N+](=O)[O-])cc1. The van der Waals surface area contributed by atoms with Crippen LogP contribution in [0, 0.1) is 33.3 Å². The second kappa shape index (κ2) is 15.4. The maximum absolute atomic E-state index is 13.2. The minimum atomic E-state index is -1.09. The highest BCUT2D eigenvalue weighted by Crippen LogP contribution is 2.61. The van der Waals surface area contributed by atoms with Crippen LogP contribution in [0.4, 0.5) is 10.5 Å². The Bertz CT molecular complexity index is 1170. The summed E-state index contributed by atoms with van der Waals surface area (Å²) in [6, 6.07) is 4.00. The normalized spacial score (nSPS) is 25.9. The number of benzene rings is 1. The molecule has 45 heavy (non-hydrogen) atoms. The number of aromatic carboxylic acids is 1. The lowest BCUT2D eigenvalue weighted by Gasteiger charge is -2.57. The third-order valence-electron chi connectivity index (χ3n) is 9.88. The molecule has 4 aliphatic carbocycles. The number of thioether (sulfide) groups is 1. The average Bonchev–Trinajstić information content (AvgIpc) is 2.98. The molecule has 12 nitrogen and oxygen atoms in total. The van der Waals surface area contributed by atoms with Gasteiger partial charge in [0.05, 0.1) is 10.5 Å². The third kappa shape index (κ3) is 9.65. The molecule has 0 radical (unpaired) electrons. The van der Waals surface area contributed by atoms with Gasteiger partial charge in [-0.1, -0.05) is 11.8 Å². The Hall–Kier alpha value is -3.19. The first-order valence-corrected chi connectivity index (χ1v) is 17.0. The van der Waals surface area contributed by atoms with Gasteiger partial charge in [0.25, 0.3) is 5.69 Å². The Labute approximate surface area is 269 Å². The number of piperazine rings is 1. The first-order valence-electron chi connectivity index (χ1n) is 16.0. The minimum Gasteiger partial charge on any atom is -0.478 e. The Morgan fingerprint density at radius 2 is 1.58 bits per heavy atom. The van der Waals surface area contributed by atoms with Gasteiger partial charge >= 0.3 is 12.0 Å². The number of rotatable bonds is 10. The van der Waals surface area contributed by atoms with E-state index in [-0.39, 0.29) is 28.3 Å². The molecule has 3 amide bonds. The predicted octanol–water partition coefficient (Wildman–Crippen LogP) is 4.34. The number of nitrogens with one attached hydrogen (secondary N) is 1. The van der Waals surface area contributed by atoms with E-state index in [1.165, 1.54) is 62.4 Å². The van der Waals surface area contributed by atoms with Gasteiger partial charge in [-0.25, -0.2) is 9.59 Å². The van der Waals surface area contributed by atoms with Crippen molar-refractivity contribution in [2.75, 3.05) is 52.1 Å². The number of nitro benzene ring substituents is 1. The number of urea groups is 1. The number of carboxylic acids is 1. The number of nitrogens with zero attached hydrogens (tertiary/aromatic N) is 4. The smallest absolute Gasteiger partial charge is 0.335 e. The van der Waals surface area contributed by atoms with Gasteiger partial charge in [0.2, 0.25) is 5.91 Å². The second-order valence-electron chi connectivity index (χ2n) is 13.4. The predicted molar refractivity (Wildman–Crippen MR) is 172 cm³/mol. The fourth-order valence-electron chi connectivity index (χ4n) is 7.95. The first-order chi connectivity index (χ1) is 21.3. The number of non-ortho nitro benzene ring substituents is 1. The lowest BCUT2D eigenvalue weighted by Crippen LogP contribution is -2.55. The van der Waals surface area contributed by atoms with E-state index in [1.807, 2.05) is 9.80 Å². The van der Waals surface area contributed by atoms with E-state index in [4.69, 9.17) is 5.11 Å². The van der Waals surface area contributed by atoms with Gasteiger partial charge < -0.3 is 25.1 Å². The quantitative estimate of drug-likeness (QED) is 0.279. The zero-order valence-electron chi connectivity index (χ0n) is 26.6. The molecule has 1 aromatic carbocycles. The molecule has 1 aromatic rings. The summed E-state index contributed by atoms with van der Waals surface area (Å²) in [6.45, 7) is 7.77. The minimum absolute atomic E-state index is 0.00408. The molecule has 0 unspecified atom stereocenters. The first kappa shape index (κ1) is 34.7. The number of likely N-dealkylation sites (N-methyl/N-ethyl adjacent to an activating group) is 1. The molecule has 6 rings (SSSR count). The van der Waals surface area contributed by atoms with Crippen molar-refractivity contribution in [3.8, 4) is 0 Å². The molecule has 5 fully saturated rings. The van der Waals surface area contributed by atoms with Gasteiger partial charge in [-0.3, -0.25) is 19.7 Å². The second-order valence-corrected chi connectivity index (χ2v) is 14.7. The summed E-state index contributed by atoms with van der Waals surface area (Å²) in [5.41, 5.74) is 0.336. The number of nitro groups is 1. The largest absolute Gasteiger partial charge is 0.478 e. The Kier molecular flexibility index (Phi) is 11.9. The van der Waals surface area contributed by atoms with Gasteiger partial charge in [0.15, 0.2) is 5.12 Å². The van der Waals surface area contributed by atoms with Crippen molar-refractivity contribution in [3.63, 3.8) is 0 Å². The van der Waals surface area contributed by atoms with Gasteiger partial charge in [0, 0.05) is 64.1 Å². The lowest BCUT2D eigenvalue weighted by atomic mass is 9.49. The third-order valence-corrected chi connectivity index (χ3v) is 10.7. The summed E-state index contributed by atoms with van der Waals surface area (Å²) < 4.78 is 0. The summed E-state index contributed by atoms with van der Waals surface area (Å²) in [7, 11) is 2.06. The highest BCUT2D eigenvalue weighted by molar-refractivity contribution is 8.13. The van der Waals surface area contributed by atoms with Crippen LogP contribution in [0.3, 0.4) is 0 Å². The summed E-state index contributed by atoms with van der Waals surface area (Å²) in [4.78, 5) is 63.4. The molecule has 13 heteroatoms. The Morgan fingerprint density at radius 3 is 2.07 bits per heavy atom. The van der Waals surface area contributed by atoms with E-state index in [2.05, 4.69) is 17.3 Å². The highest BCUT2D eigenvalue weighted by Gasteiger charge is 2.50. The Balaban J connectivity index is 0.000000323. The highest BCUT2D eigenvalue weighted by atomic mass is 32.2. The number of hydrogen-bond acceptors (Lipinski definition) is 8. The topological polar surface area (TPSA) is 153 Å². The van der Waals surface area contributed by atoms with Crippen LogP contribution in [0.15, 0.2) is 24.3 Å². The monoisotopic (exact) mass is 645 g/mol. The van der Waals surface area contributed by atoms with Crippen LogP contribution < -0.4 is 5.32 Å². The number of carbonyl (C=O) groups is 4. The van der Waals surface area contributed by atoms with Crippen LogP contribution in [0.25, 0.3) is 0 Å². The molecule has 2 N–H and O–H groups in total. The lowest BCUT2D eigenvalue weighted by molar-refractivity contribution is -0.384. The molecule has 0 spiro atoms. The van der Waals surface area contributed by atoms with E-state index in [0.717, 1.165) is 49.4 Å². The average molecular weight is 646 g/mol. The molecule has 4 bridgehead atoms. The van der Waals surface area contributed by atoms with Crippen molar-refractivity contribution in [3.05, 3.63) is 39.9 Å². The van der Waals surface area contributed by atoms with Gasteiger partial charge in [-0.15, -0.1) is 0 Å². The Morgan fingerprint density at radius 1 is 1.02 bits per heavy atom. The standard InChI is InChI=1S/C25H42N4O3S.C7H5NO4/c1-18(23(31)28-8-6-27(3)7-9-28)26-24(32)29(10-11-33-19(2)30)5-4-25-15-20-12-21(16-25)14-22(13-20)17-25;9-7(10)5-1-3-6(4-2-5)8(11)12/h18,20-22H,4-17H2,1-3H3,(H,26,32);1-4H,(H,9,10)/t18-,20?,21?,22?,25?;/m0./s1. The molecular weight excluding hydrogens is 598 g/mol. The molecule has 248 valence electrons. The van der Waals surface area contributed by atoms with E-state index >= 15 is 0 Å². The van der Waals surface area contributed by atoms with Crippen molar-refractivity contribution in [2.45, 2.75) is 64.8 Å². The molecule has 1 aliphatic heterocycles. The van der Waals surface area contributed by atoms with Crippen LogP contribution >= 0.6 is 11.8 Å². The van der Waals surface area contributed by atoms with E-state index in [1.54, 1.807) is 13.8 Å². The molecule has 1 saturated heterocycles. The van der Waals surface area contributed by atoms with E-state index in [9.17, 15) is 29.3 Å². The number of amides is 3. The molecule has 1 heterocycles. The molecule has 0 aromatic heterocycles. The number of carboxylic acid groups (broad SMARTS) is 1. The maximum atomic E-state index is 13.2. The maximum Gasteiger partial charge on any atom is 0.335 e. The fourth-order valence-corrected chi connectivity index (χ4v) is 8.55. The summed E-state index contributed by atoms with van der Waals surface area (Å²) in [5.74, 6) is 2.19. The van der Waals surface area contributed by atoms with Crippen molar-refractivity contribution in [1.82, 2.24) is 20.0 Å². The van der Waals surface area contributed by atoms with E-state index in [0.29, 0.717) is 37.3 Å². The van der Waals surface area contributed by atoms with Crippen molar-refractivity contribution in [1.29, 1.82) is 0 Å².